The molecule has 0 unspecified atom stereocenters. The molecule has 2 aliphatic heterocycles. The molecule has 7 heterocycles. The number of allylic oxidation sites excluding steroid dienone is 1. The smallest absolute Gasteiger partial charge is 0.219 e. The molecule has 0 amide bonds. The number of nitrogens with zero attached hydrogens (tertiary/aromatic N) is 9. The van der Waals surface area contributed by atoms with E-state index >= 15 is 0 Å². The summed E-state index contributed by atoms with van der Waals surface area (Å²) >= 11 is 1.77. The van der Waals surface area contributed by atoms with E-state index in [1.807, 2.05) is 40.0 Å². The minimum absolute atomic E-state index is 0.329. The fourth-order valence-electron chi connectivity index (χ4n) is 6.36. The fourth-order valence-corrected chi connectivity index (χ4v) is 7.36. The summed E-state index contributed by atoms with van der Waals surface area (Å²) in [4.78, 5) is 13.3. The van der Waals surface area contributed by atoms with Gasteiger partial charge >= 0.3 is 0 Å². The molecule has 0 radical (unpaired) electrons. The van der Waals surface area contributed by atoms with Gasteiger partial charge in [0.05, 0.1) is 27.8 Å². The van der Waals surface area contributed by atoms with Gasteiger partial charge in [0.15, 0.2) is 5.89 Å². The first-order chi connectivity index (χ1) is 35.8. The van der Waals surface area contributed by atoms with E-state index in [0.29, 0.717) is 82.9 Å². The van der Waals surface area contributed by atoms with E-state index in [2.05, 4.69) is 228 Å². The largest absolute Gasteiger partial charge is 0.448 e. The molecule has 5 aromatic rings. The average molecular weight is 1090 g/mol. The SMILES string of the molecule is CC(C)C1=CN=C(C(C)C)C1.CC(C)C1=NN=C(C(C)C)C1.CC(C)c1cc(C(C)C)[nH]n1.CC(C)c1cc(C(C)C)on1.CC(C)c1coc(C(C)C)n1.CC(C)c1csc(C(C)C)n1.CC(C)c1nnc(C(C)C)o1. The van der Waals surface area contributed by atoms with Crippen LogP contribution >= 0.6 is 11.3 Å². The van der Waals surface area contributed by atoms with E-state index in [0.717, 1.165) is 53.4 Å². The third-order valence-corrected chi connectivity index (χ3v) is 13.6. The molecule has 0 bridgehead atoms. The quantitative estimate of drug-likeness (QED) is 0.114. The first-order valence-corrected chi connectivity index (χ1v) is 29.8. The van der Waals surface area contributed by atoms with E-state index in [9.17, 15) is 0 Å². The van der Waals surface area contributed by atoms with E-state index in [1.54, 1.807) is 17.6 Å². The Morgan fingerprint density at radius 3 is 1.18 bits per heavy atom. The monoisotopic (exact) mass is 1080 g/mol. The summed E-state index contributed by atoms with van der Waals surface area (Å²) in [5, 5.41) is 30.8. The van der Waals surface area contributed by atoms with Crippen LogP contribution in [0.5, 0.6) is 0 Å². The fraction of sp³-hybridized carbons (Fsp3) is 0.698. The molecule has 13 nitrogen and oxygen atoms in total. The van der Waals surface area contributed by atoms with Gasteiger partial charge in [-0.1, -0.05) is 199 Å². The molecule has 0 aliphatic carbocycles. The molecule has 7 rings (SSSR count). The van der Waals surface area contributed by atoms with Crippen molar-refractivity contribution in [3.05, 3.63) is 92.5 Å². The number of oxazole rings is 1. The first kappa shape index (κ1) is 70.2. The highest BCUT2D eigenvalue weighted by Crippen LogP contribution is 2.26. The maximum atomic E-state index is 5.38. The van der Waals surface area contributed by atoms with Crippen molar-refractivity contribution in [2.24, 2.45) is 38.9 Å². The van der Waals surface area contributed by atoms with Crippen molar-refractivity contribution in [3.63, 3.8) is 0 Å². The van der Waals surface area contributed by atoms with Crippen LogP contribution in [0.4, 0.5) is 0 Å². The Morgan fingerprint density at radius 1 is 0.442 bits per heavy atom. The van der Waals surface area contributed by atoms with E-state index in [-0.39, 0.29) is 0 Å². The zero-order valence-corrected chi connectivity index (χ0v) is 54.4. The van der Waals surface area contributed by atoms with Crippen molar-refractivity contribution >= 4 is 28.5 Å². The molecule has 2 aliphatic rings. The molecule has 0 atom stereocenters. The Morgan fingerprint density at radius 2 is 0.935 bits per heavy atom. The Kier molecular flexibility index (Phi) is 31.8. The Hall–Kier alpha value is -4.85. The summed E-state index contributed by atoms with van der Waals surface area (Å²) in [5.74, 6) is 10.3. The van der Waals surface area contributed by atoms with Crippen LogP contribution < -0.4 is 0 Å². The highest BCUT2D eigenvalue weighted by molar-refractivity contribution is 7.09. The lowest BCUT2D eigenvalue weighted by molar-refractivity contribution is 0.363. The Bertz CT molecular complexity index is 2000. The number of H-pyrrole nitrogens is 1. The predicted octanol–water partition coefficient (Wildman–Crippen LogP) is 19.7. The van der Waals surface area contributed by atoms with Gasteiger partial charge in [-0.25, -0.2) is 9.97 Å². The second-order valence-corrected chi connectivity index (χ2v) is 25.5. The lowest BCUT2D eigenvalue weighted by Gasteiger charge is -2.07. The molecule has 0 aromatic carbocycles. The van der Waals surface area contributed by atoms with E-state index in [4.69, 9.17) is 13.4 Å². The molecular formula is C63H108N10O3S. The van der Waals surface area contributed by atoms with Crippen LogP contribution in [0.2, 0.25) is 0 Å². The number of hydrogen-bond donors (Lipinski definition) is 1. The van der Waals surface area contributed by atoms with Crippen molar-refractivity contribution < 1.29 is 13.4 Å². The molecule has 14 heteroatoms. The van der Waals surface area contributed by atoms with Gasteiger partial charge in [-0.3, -0.25) is 10.1 Å². The summed E-state index contributed by atoms with van der Waals surface area (Å²) < 4.78 is 15.8. The van der Waals surface area contributed by atoms with Gasteiger partial charge in [-0.05, 0) is 64.9 Å². The lowest BCUT2D eigenvalue weighted by atomic mass is 9.96. The topological polar surface area (TPSA) is 170 Å². The molecule has 1 N–H and O–H groups in total. The Labute approximate surface area is 472 Å². The molecule has 0 saturated heterocycles. The van der Waals surface area contributed by atoms with Gasteiger partial charge in [0, 0.05) is 82.9 Å². The summed E-state index contributed by atoms with van der Waals surface area (Å²) in [7, 11) is 0. The number of hydrogen-bond acceptors (Lipinski definition) is 13. The van der Waals surface area contributed by atoms with Crippen LogP contribution in [0.3, 0.4) is 0 Å². The third kappa shape index (κ3) is 26.1. The first-order valence-electron chi connectivity index (χ1n) is 28.9. The number of aromatic amines is 1. The minimum Gasteiger partial charge on any atom is -0.448 e. The van der Waals surface area contributed by atoms with Crippen LogP contribution in [0.25, 0.3) is 0 Å². The highest BCUT2D eigenvalue weighted by Gasteiger charge is 2.18. The summed E-state index contributed by atoms with van der Waals surface area (Å²) in [5.41, 5.74) is 11.0. The lowest BCUT2D eigenvalue weighted by Crippen LogP contribution is -2.12. The third-order valence-electron chi connectivity index (χ3n) is 12.4. The standard InChI is InChI=1S/C10H17N.2C9H16N2.2C9H15NO.C9H15NS.C8H14N2O/c1-7(2)9-5-10(8(3)4)11-6-9;2*1-6(2)8-5-9(7(3)4)11-10-8;1-6(2)8-5-11-9(10-8)7(3)4;1-6(2)8-5-9(7(3)4)11-10-8;1-6(2)8-5-11-9(10-8)7(3)4;1-5(2)7-9-10-8(11-7)6(3)4/h6-8H,5H2,1-4H3;6-7H,5H2,1-4H3;5-7H,1-4H3,(H,10,11);3*5-7H,1-4H3;5-6H,1-4H3. The van der Waals surface area contributed by atoms with Gasteiger partial charge in [0.25, 0.3) is 0 Å². The number of thiazole rings is 1. The second kappa shape index (κ2) is 34.9. The van der Waals surface area contributed by atoms with Crippen LogP contribution in [0.1, 0.15) is 323 Å². The summed E-state index contributed by atoms with van der Waals surface area (Å²) in [6.07, 6.45) is 5.89. The van der Waals surface area contributed by atoms with Crippen LogP contribution in [0, 0.1) is 23.7 Å². The molecule has 0 spiro atoms. The number of rotatable bonds is 14. The van der Waals surface area contributed by atoms with Crippen LogP contribution in [0.15, 0.2) is 64.1 Å². The summed E-state index contributed by atoms with van der Waals surface area (Å²) in [6, 6.07) is 4.19. The van der Waals surface area contributed by atoms with Gasteiger partial charge in [0.2, 0.25) is 11.8 Å². The molecule has 0 saturated carbocycles. The average Bonchev–Trinajstić information content (AvgIpc) is 4.20. The molecule has 0 fully saturated rings. The number of aromatic nitrogens is 7. The van der Waals surface area contributed by atoms with Crippen molar-refractivity contribution in [3.8, 4) is 0 Å². The van der Waals surface area contributed by atoms with Gasteiger partial charge in [0.1, 0.15) is 12.0 Å². The van der Waals surface area contributed by atoms with Crippen molar-refractivity contribution in [1.82, 2.24) is 35.5 Å². The zero-order chi connectivity index (χ0) is 59.0. The maximum Gasteiger partial charge on any atom is 0.219 e. The predicted molar refractivity (Wildman–Crippen MR) is 328 cm³/mol. The Balaban J connectivity index is 0.000000449. The van der Waals surface area contributed by atoms with E-state index in [1.165, 1.54) is 39.1 Å². The number of nitrogens with one attached hydrogen (secondary N) is 1. The maximum absolute atomic E-state index is 5.38. The normalized spacial score (nSPS) is 13.2. The van der Waals surface area contributed by atoms with Crippen molar-refractivity contribution in [1.29, 1.82) is 0 Å². The molecule has 434 valence electrons. The van der Waals surface area contributed by atoms with E-state index < -0.39 is 0 Å². The highest BCUT2D eigenvalue weighted by atomic mass is 32.1. The van der Waals surface area contributed by atoms with Crippen molar-refractivity contribution in [2.45, 2.75) is 266 Å². The summed E-state index contributed by atoms with van der Waals surface area (Å²) in [6.45, 7) is 59.9. The van der Waals surface area contributed by atoms with Gasteiger partial charge in [-0.2, -0.15) is 15.3 Å². The number of aliphatic imine (C=N–C) groups is 1. The van der Waals surface area contributed by atoms with Gasteiger partial charge < -0.3 is 13.4 Å². The molecule has 5 aromatic heterocycles. The van der Waals surface area contributed by atoms with Crippen molar-refractivity contribution in [2.75, 3.05) is 0 Å². The zero-order valence-electron chi connectivity index (χ0n) is 53.5. The van der Waals surface area contributed by atoms with Crippen LogP contribution in [-0.4, -0.2) is 52.7 Å². The molecule has 77 heavy (non-hydrogen) atoms. The molecular weight excluding hydrogens is 977 g/mol. The minimum atomic E-state index is 0.329. The van der Waals surface area contributed by atoms with Crippen LogP contribution in [-0.2, 0) is 0 Å². The second-order valence-electron chi connectivity index (χ2n) is 24.6. The van der Waals surface area contributed by atoms with Gasteiger partial charge in [-0.15, -0.1) is 21.5 Å².